The lowest BCUT2D eigenvalue weighted by Gasteiger charge is -2.22. The second-order valence-corrected chi connectivity index (χ2v) is 27.0. The molecule has 2 unspecified atom stereocenters. The lowest BCUT2D eigenvalue weighted by Crippen LogP contribution is -2.45. The first-order valence-corrected chi connectivity index (χ1v) is 38.9. The van der Waals surface area contributed by atoms with E-state index >= 15 is 0 Å². The van der Waals surface area contributed by atoms with Crippen molar-refractivity contribution < 1.29 is 24.5 Å². The van der Waals surface area contributed by atoms with Gasteiger partial charge in [-0.3, -0.25) is 9.59 Å². The third kappa shape index (κ3) is 69.7. The zero-order valence-corrected chi connectivity index (χ0v) is 57.4. The summed E-state index contributed by atoms with van der Waals surface area (Å²) in [5, 5.41) is 23.3. The van der Waals surface area contributed by atoms with Gasteiger partial charge in [0.15, 0.2) is 0 Å². The summed E-state index contributed by atoms with van der Waals surface area (Å²) in [6.45, 7) is 5.00. The highest BCUT2D eigenvalue weighted by Gasteiger charge is 2.20. The molecular weight excluding hydrogens is 1030 g/mol. The Morgan fingerprint density at radius 3 is 0.845 bits per heavy atom. The van der Waals surface area contributed by atoms with Crippen LogP contribution in [0.5, 0.6) is 0 Å². The molecule has 0 heterocycles. The molecule has 500 valence electrons. The highest BCUT2D eigenvalue weighted by molar-refractivity contribution is 5.76. The quantitative estimate of drug-likeness (QED) is 0.0320. The van der Waals surface area contributed by atoms with Gasteiger partial charge in [0.25, 0.3) is 0 Å². The van der Waals surface area contributed by atoms with E-state index in [-0.39, 0.29) is 18.5 Å². The van der Waals surface area contributed by atoms with Crippen molar-refractivity contribution in [1.82, 2.24) is 5.32 Å². The first-order chi connectivity index (χ1) is 41.5. The number of hydrogen-bond acceptors (Lipinski definition) is 5. The van der Waals surface area contributed by atoms with Crippen LogP contribution in [0.1, 0.15) is 450 Å². The van der Waals surface area contributed by atoms with Crippen LogP contribution in [0.3, 0.4) is 0 Å². The zero-order valence-electron chi connectivity index (χ0n) is 57.4. The minimum Gasteiger partial charge on any atom is -0.466 e. The highest BCUT2D eigenvalue weighted by Crippen LogP contribution is 2.20. The van der Waals surface area contributed by atoms with E-state index in [1.807, 2.05) is 0 Å². The van der Waals surface area contributed by atoms with Gasteiger partial charge in [0.2, 0.25) is 5.91 Å². The zero-order chi connectivity index (χ0) is 60.6. The average molecular weight is 1190 g/mol. The Kier molecular flexibility index (Phi) is 72.8. The van der Waals surface area contributed by atoms with Gasteiger partial charge >= 0.3 is 5.97 Å². The molecule has 0 spiro atoms. The van der Waals surface area contributed by atoms with Gasteiger partial charge in [-0.05, 0) is 51.4 Å². The third-order valence-electron chi connectivity index (χ3n) is 18.6. The molecule has 0 aromatic heterocycles. The van der Waals surface area contributed by atoms with E-state index in [0.29, 0.717) is 25.9 Å². The maximum atomic E-state index is 12.5. The number of ether oxygens (including phenoxy) is 1. The van der Waals surface area contributed by atoms with Crippen molar-refractivity contribution in [3.05, 3.63) is 12.2 Å². The van der Waals surface area contributed by atoms with Crippen molar-refractivity contribution in [2.75, 3.05) is 13.2 Å². The number of rotatable bonds is 74. The molecule has 0 saturated heterocycles. The molecule has 1 amide bonds. The molecule has 0 radical (unpaired) electrons. The van der Waals surface area contributed by atoms with Crippen molar-refractivity contribution in [1.29, 1.82) is 0 Å². The predicted octanol–water partition coefficient (Wildman–Crippen LogP) is 25.5. The predicted molar refractivity (Wildman–Crippen MR) is 370 cm³/mol. The standard InChI is InChI=1S/C78H153NO5/c1-3-5-7-9-11-13-15-17-18-19-42-45-48-52-56-60-64-68-72-78(83)84-73-69-65-61-57-53-49-46-43-40-38-36-34-32-30-28-26-24-22-20-21-23-25-27-29-31-33-35-37-39-41-44-47-51-55-59-63-67-71-77(82)79-75(74-80)76(81)70-66-62-58-54-50-16-14-12-10-8-6-4-2/h20,22,75-76,80-81H,3-19,21,23-74H2,1-2H3,(H,79,82)/b22-20-. The summed E-state index contributed by atoms with van der Waals surface area (Å²) in [5.74, 6) is -0.00174. The largest absolute Gasteiger partial charge is 0.466 e. The second-order valence-electron chi connectivity index (χ2n) is 27.0. The van der Waals surface area contributed by atoms with Crippen LogP contribution >= 0.6 is 0 Å². The third-order valence-corrected chi connectivity index (χ3v) is 18.6. The molecule has 2 atom stereocenters. The Hall–Kier alpha value is -1.40. The lowest BCUT2D eigenvalue weighted by atomic mass is 10.0. The number of nitrogens with one attached hydrogen (secondary N) is 1. The Balaban J connectivity index is 3.29. The van der Waals surface area contributed by atoms with Crippen molar-refractivity contribution in [2.24, 2.45) is 0 Å². The van der Waals surface area contributed by atoms with Crippen LogP contribution < -0.4 is 5.32 Å². The van der Waals surface area contributed by atoms with Gasteiger partial charge < -0.3 is 20.3 Å². The molecule has 6 nitrogen and oxygen atoms in total. The highest BCUT2D eigenvalue weighted by atomic mass is 16.5. The van der Waals surface area contributed by atoms with Gasteiger partial charge in [0.1, 0.15) is 0 Å². The van der Waals surface area contributed by atoms with E-state index in [2.05, 4.69) is 31.3 Å². The van der Waals surface area contributed by atoms with Crippen LogP contribution in [0.25, 0.3) is 0 Å². The maximum Gasteiger partial charge on any atom is 0.305 e. The molecule has 0 saturated carbocycles. The fourth-order valence-corrected chi connectivity index (χ4v) is 12.6. The van der Waals surface area contributed by atoms with Gasteiger partial charge in [0.05, 0.1) is 25.4 Å². The number of amides is 1. The summed E-state index contributed by atoms with van der Waals surface area (Å²) in [7, 11) is 0. The second kappa shape index (κ2) is 74.1. The van der Waals surface area contributed by atoms with E-state index in [9.17, 15) is 19.8 Å². The van der Waals surface area contributed by atoms with Crippen molar-refractivity contribution in [2.45, 2.75) is 463 Å². The number of hydrogen-bond donors (Lipinski definition) is 3. The van der Waals surface area contributed by atoms with Crippen LogP contribution in [-0.4, -0.2) is 47.4 Å². The van der Waals surface area contributed by atoms with E-state index < -0.39 is 12.1 Å². The molecule has 0 aromatic carbocycles. The normalized spacial score (nSPS) is 12.5. The van der Waals surface area contributed by atoms with Crippen LogP contribution in [0.15, 0.2) is 12.2 Å². The molecule has 84 heavy (non-hydrogen) atoms. The molecule has 0 aromatic rings. The Labute approximate surface area is 527 Å². The molecule has 6 heteroatoms. The molecule has 0 aliphatic rings. The first-order valence-electron chi connectivity index (χ1n) is 38.9. The first kappa shape index (κ1) is 82.6. The molecule has 0 aliphatic carbocycles. The maximum absolute atomic E-state index is 12.5. The fourth-order valence-electron chi connectivity index (χ4n) is 12.6. The Morgan fingerprint density at radius 2 is 0.560 bits per heavy atom. The lowest BCUT2D eigenvalue weighted by molar-refractivity contribution is -0.143. The summed E-state index contributed by atoms with van der Waals surface area (Å²) >= 11 is 0. The minimum atomic E-state index is -0.660. The number of carbonyl (C=O) groups excluding carboxylic acids is 2. The number of unbranched alkanes of at least 4 members (excludes halogenated alkanes) is 61. The number of carbonyl (C=O) groups is 2. The van der Waals surface area contributed by atoms with Crippen molar-refractivity contribution in [3.8, 4) is 0 Å². The SMILES string of the molecule is CCCCCCCCCCCCCCCCCCCCC(=O)OCCCCCCCCCCCCCCCCCC/C=C\CCCCCCCCCCCCCCCCCCCC(=O)NC(CO)C(O)CCCCCCCCCCCCCC. The van der Waals surface area contributed by atoms with Crippen molar-refractivity contribution >= 4 is 11.9 Å². The van der Waals surface area contributed by atoms with Gasteiger partial charge in [-0.15, -0.1) is 0 Å². The molecular formula is C78H153NO5. The summed E-state index contributed by atoms with van der Waals surface area (Å²) < 4.78 is 5.52. The topological polar surface area (TPSA) is 95.9 Å². The molecule has 0 bridgehead atoms. The van der Waals surface area contributed by atoms with Gasteiger partial charge in [0, 0.05) is 12.8 Å². The van der Waals surface area contributed by atoms with E-state index in [4.69, 9.17) is 4.74 Å². The molecule has 0 fully saturated rings. The summed E-state index contributed by atoms with van der Waals surface area (Å²) in [6.07, 6.45) is 93.1. The number of allylic oxidation sites excluding steroid dienone is 2. The molecule has 3 N–H and O–H groups in total. The molecule has 0 rings (SSSR count). The van der Waals surface area contributed by atoms with Gasteiger partial charge in [-0.2, -0.15) is 0 Å². The number of aliphatic hydroxyl groups excluding tert-OH is 2. The monoisotopic (exact) mass is 1180 g/mol. The van der Waals surface area contributed by atoms with E-state index in [0.717, 1.165) is 38.5 Å². The van der Waals surface area contributed by atoms with Crippen LogP contribution in [0, 0.1) is 0 Å². The van der Waals surface area contributed by atoms with Gasteiger partial charge in [-0.1, -0.05) is 398 Å². The van der Waals surface area contributed by atoms with Crippen LogP contribution in [0.4, 0.5) is 0 Å². The minimum absolute atomic E-state index is 0.0270. The Morgan fingerprint density at radius 1 is 0.321 bits per heavy atom. The summed E-state index contributed by atoms with van der Waals surface area (Å²) in [4.78, 5) is 24.6. The smallest absolute Gasteiger partial charge is 0.305 e. The number of aliphatic hydroxyl groups is 2. The summed E-state index contributed by atoms with van der Waals surface area (Å²) in [6, 6.07) is -0.537. The van der Waals surface area contributed by atoms with Gasteiger partial charge in [-0.25, -0.2) is 0 Å². The number of esters is 1. The van der Waals surface area contributed by atoms with Crippen LogP contribution in [0.2, 0.25) is 0 Å². The van der Waals surface area contributed by atoms with Crippen LogP contribution in [-0.2, 0) is 14.3 Å². The fraction of sp³-hybridized carbons (Fsp3) is 0.949. The molecule has 0 aliphatic heterocycles. The van der Waals surface area contributed by atoms with E-state index in [1.165, 1.54) is 379 Å². The van der Waals surface area contributed by atoms with Crippen molar-refractivity contribution in [3.63, 3.8) is 0 Å². The Bertz CT molecular complexity index is 1270. The summed E-state index contributed by atoms with van der Waals surface area (Å²) in [5.41, 5.74) is 0. The van der Waals surface area contributed by atoms with E-state index in [1.54, 1.807) is 0 Å². The average Bonchev–Trinajstić information content (AvgIpc) is 3.51.